The summed E-state index contributed by atoms with van der Waals surface area (Å²) in [6.07, 6.45) is 2.69. The van der Waals surface area contributed by atoms with Gasteiger partial charge < -0.3 is 15.8 Å². The van der Waals surface area contributed by atoms with Crippen LogP contribution in [-0.4, -0.2) is 25.0 Å². The number of hydrogen-bond acceptors (Lipinski definition) is 4. The Hall–Kier alpha value is -1.59. The minimum Gasteiger partial charge on any atom is -0.455 e. The molecule has 1 aromatic carbocycles. The van der Waals surface area contributed by atoms with Crippen LogP contribution in [0.3, 0.4) is 0 Å². The van der Waals surface area contributed by atoms with E-state index in [0.29, 0.717) is 17.8 Å². The number of nitrogens with one attached hydrogen (secondary N) is 1. The van der Waals surface area contributed by atoms with E-state index in [-0.39, 0.29) is 37.3 Å². The number of rotatable bonds is 7. The molecule has 0 spiro atoms. The average molecular weight is 397 g/mol. The van der Waals surface area contributed by atoms with Crippen molar-refractivity contribution in [1.29, 1.82) is 0 Å². The number of nitrogens with two attached hydrogens (primary N) is 1. The molecule has 0 aliphatic heterocycles. The van der Waals surface area contributed by atoms with Crippen molar-refractivity contribution in [2.24, 2.45) is 29.4 Å². The predicted molar refractivity (Wildman–Crippen MR) is 109 cm³/mol. The summed E-state index contributed by atoms with van der Waals surface area (Å²) in [6.45, 7) is 6.69. The minimum atomic E-state index is -0.519. The zero-order chi connectivity index (χ0) is 19.1. The van der Waals surface area contributed by atoms with E-state index < -0.39 is 12.1 Å². The van der Waals surface area contributed by atoms with Gasteiger partial charge in [-0.3, -0.25) is 9.59 Å². The molecule has 1 saturated carbocycles. The van der Waals surface area contributed by atoms with E-state index >= 15 is 0 Å². The van der Waals surface area contributed by atoms with Crippen molar-refractivity contribution < 1.29 is 14.3 Å². The summed E-state index contributed by atoms with van der Waals surface area (Å²) in [4.78, 5) is 24.5. The number of ether oxygens (including phenoxy) is 1. The fraction of sp³-hybridized carbons (Fsp3) is 0.619. The van der Waals surface area contributed by atoms with Gasteiger partial charge in [0.1, 0.15) is 6.10 Å². The molecule has 0 saturated heterocycles. The molecular weight excluding hydrogens is 364 g/mol. The van der Waals surface area contributed by atoms with E-state index in [4.69, 9.17) is 10.5 Å². The number of carbonyl (C=O) groups excluding carboxylic acids is 2. The van der Waals surface area contributed by atoms with E-state index in [0.717, 1.165) is 18.4 Å². The van der Waals surface area contributed by atoms with E-state index in [9.17, 15) is 9.59 Å². The first-order valence-electron chi connectivity index (χ1n) is 9.64. The highest BCUT2D eigenvalue weighted by atomic mass is 35.5. The van der Waals surface area contributed by atoms with Crippen LogP contribution in [0.25, 0.3) is 0 Å². The van der Waals surface area contributed by atoms with Gasteiger partial charge in [0.05, 0.1) is 13.1 Å². The van der Waals surface area contributed by atoms with Crippen molar-refractivity contribution in [2.75, 3.05) is 13.1 Å². The third-order valence-electron chi connectivity index (χ3n) is 5.43. The zero-order valence-corrected chi connectivity index (χ0v) is 17.3. The van der Waals surface area contributed by atoms with Gasteiger partial charge in [-0.05, 0) is 36.2 Å². The number of halogens is 1. The lowest BCUT2D eigenvalue weighted by atomic mass is 9.70. The lowest BCUT2D eigenvalue weighted by Gasteiger charge is -2.36. The third kappa shape index (κ3) is 6.82. The van der Waals surface area contributed by atoms with E-state index in [2.05, 4.69) is 26.1 Å². The molecular formula is C21H33ClN2O3. The Balaban J connectivity index is 0.00000364. The van der Waals surface area contributed by atoms with E-state index in [1.165, 1.54) is 6.42 Å². The first-order valence-corrected chi connectivity index (χ1v) is 9.64. The summed E-state index contributed by atoms with van der Waals surface area (Å²) in [5.41, 5.74) is 6.23. The number of carbonyl (C=O) groups is 2. The maximum atomic E-state index is 12.9. The second-order valence-corrected chi connectivity index (χ2v) is 7.77. The van der Waals surface area contributed by atoms with Gasteiger partial charge in [0.25, 0.3) is 0 Å². The van der Waals surface area contributed by atoms with Gasteiger partial charge >= 0.3 is 5.97 Å². The second-order valence-electron chi connectivity index (χ2n) is 7.77. The Kier molecular flexibility index (Phi) is 9.81. The average Bonchev–Trinajstić information content (AvgIpc) is 2.64. The highest BCUT2D eigenvalue weighted by Gasteiger charge is 2.35. The zero-order valence-electron chi connectivity index (χ0n) is 16.5. The maximum Gasteiger partial charge on any atom is 0.320 e. The largest absolute Gasteiger partial charge is 0.455 e. The summed E-state index contributed by atoms with van der Waals surface area (Å²) in [5.74, 6) is 1.09. The number of amides is 1. The topological polar surface area (TPSA) is 81.4 Å². The Morgan fingerprint density at radius 2 is 1.89 bits per heavy atom. The summed E-state index contributed by atoms with van der Waals surface area (Å²) in [6, 6.07) is 9.46. The molecule has 27 heavy (non-hydrogen) atoms. The highest BCUT2D eigenvalue weighted by molar-refractivity contribution is 5.85. The van der Waals surface area contributed by atoms with Crippen LogP contribution in [0.5, 0.6) is 0 Å². The maximum absolute atomic E-state index is 12.9. The molecule has 0 bridgehead atoms. The fourth-order valence-corrected chi connectivity index (χ4v) is 3.93. The molecule has 0 aromatic heterocycles. The lowest BCUT2D eigenvalue weighted by molar-refractivity contribution is -0.148. The van der Waals surface area contributed by atoms with Crippen LogP contribution in [0.4, 0.5) is 0 Å². The van der Waals surface area contributed by atoms with Crippen LogP contribution < -0.4 is 11.1 Å². The van der Waals surface area contributed by atoms with Gasteiger partial charge in [0.15, 0.2) is 0 Å². The second kappa shape index (κ2) is 11.3. The molecule has 5 nitrogen and oxygen atoms in total. The molecule has 4 atom stereocenters. The van der Waals surface area contributed by atoms with Crippen LogP contribution >= 0.6 is 12.4 Å². The van der Waals surface area contributed by atoms with Gasteiger partial charge in [-0.1, -0.05) is 57.5 Å². The third-order valence-corrected chi connectivity index (χ3v) is 5.43. The Morgan fingerprint density at radius 3 is 2.48 bits per heavy atom. The van der Waals surface area contributed by atoms with Crippen LogP contribution in [0.15, 0.2) is 30.3 Å². The van der Waals surface area contributed by atoms with Gasteiger partial charge in [0, 0.05) is 5.92 Å². The molecule has 1 amide bonds. The fourth-order valence-electron chi connectivity index (χ4n) is 3.93. The molecule has 152 valence electrons. The number of esters is 1. The van der Waals surface area contributed by atoms with Crippen LogP contribution in [0.1, 0.15) is 51.7 Å². The first kappa shape index (κ1) is 23.4. The summed E-state index contributed by atoms with van der Waals surface area (Å²) < 4.78 is 5.44. The number of benzene rings is 1. The smallest absolute Gasteiger partial charge is 0.320 e. The van der Waals surface area contributed by atoms with Crippen molar-refractivity contribution in [3.05, 3.63) is 35.9 Å². The van der Waals surface area contributed by atoms with Crippen molar-refractivity contribution in [3.63, 3.8) is 0 Å². The molecule has 0 radical (unpaired) electrons. The van der Waals surface area contributed by atoms with Crippen molar-refractivity contribution in [1.82, 2.24) is 5.32 Å². The van der Waals surface area contributed by atoms with E-state index in [1.54, 1.807) is 0 Å². The quantitative estimate of drug-likeness (QED) is 0.691. The molecule has 0 heterocycles. The summed E-state index contributed by atoms with van der Waals surface area (Å²) >= 11 is 0. The van der Waals surface area contributed by atoms with Gasteiger partial charge in [-0.2, -0.15) is 0 Å². The minimum absolute atomic E-state index is 0. The summed E-state index contributed by atoms with van der Waals surface area (Å²) in [5, 5.41) is 3.03. The first-order chi connectivity index (χ1) is 12.4. The summed E-state index contributed by atoms with van der Waals surface area (Å²) in [7, 11) is 0. The Bertz CT molecular complexity index is 594. The Morgan fingerprint density at radius 1 is 1.22 bits per heavy atom. The molecule has 1 aliphatic carbocycles. The molecule has 2 rings (SSSR count). The molecule has 3 N–H and O–H groups in total. The molecule has 0 unspecified atom stereocenters. The number of hydrogen-bond donors (Lipinski definition) is 2. The highest BCUT2D eigenvalue weighted by Crippen LogP contribution is 2.38. The standard InChI is InChI=1S/C21H32N2O3.ClH/c1-14(2)17-10-9-15(3)11-18(17)21(25)23-13-19(26-20(24)12-22)16-7-5-4-6-8-16;/h4-8,14-15,17-19H,9-13,22H2,1-3H3,(H,23,25);1H/t15-,17+,18-,19+;/m1./s1. The van der Waals surface area contributed by atoms with E-state index in [1.807, 2.05) is 30.3 Å². The lowest BCUT2D eigenvalue weighted by Crippen LogP contribution is -2.42. The van der Waals surface area contributed by atoms with Crippen molar-refractivity contribution in [2.45, 2.75) is 46.1 Å². The van der Waals surface area contributed by atoms with Gasteiger partial charge in [0.2, 0.25) is 5.91 Å². The molecule has 1 aliphatic rings. The van der Waals surface area contributed by atoms with Crippen molar-refractivity contribution in [3.8, 4) is 0 Å². The van der Waals surface area contributed by atoms with Crippen LogP contribution in [0.2, 0.25) is 0 Å². The molecule has 6 heteroatoms. The van der Waals surface area contributed by atoms with Gasteiger partial charge in [-0.25, -0.2) is 0 Å². The van der Waals surface area contributed by atoms with Gasteiger partial charge in [-0.15, -0.1) is 12.4 Å². The monoisotopic (exact) mass is 396 g/mol. The van der Waals surface area contributed by atoms with Crippen molar-refractivity contribution >= 4 is 24.3 Å². The normalized spacial score (nSPS) is 23.2. The SMILES string of the molecule is CC(C)[C@@H]1CC[C@@H](C)C[C@H]1C(=O)NC[C@H](OC(=O)CN)c1ccccc1.Cl. The molecule has 1 fully saturated rings. The Labute approximate surface area is 168 Å². The predicted octanol–water partition coefficient (Wildman–Crippen LogP) is 3.48. The molecule has 1 aromatic rings. The van der Waals surface area contributed by atoms with Crippen LogP contribution in [0, 0.1) is 23.7 Å². The van der Waals surface area contributed by atoms with Crippen LogP contribution in [-0.2, 0) is 14.3 Å².